The first-order valence-corrected chi connectivity index (χ1v) is 8.15. The van der Waals surface area contributed by atoms with Gasteiger partial charge in [-0.25, -0.2) is 0 Å². The van der Waals surface area contributed by atoms with Gasteiger partial charge in [-0.15, -0.1) is 0 Å². The number of esters is 2. The van der Waals surface area contributed by atoms with Gasteiger partial charge in [-0.1, -0.05) is 35.9 Å². The highest BCUT2D eigenvalue weighted by molar-refractivity contribution is 6.30. The zero-order valence-electron chi connectivity index (χ0n) is 14.0. The van der Waals surface area contributed by atoms with Crippen LogP contribution in [0.1, 0.15) is 19.4 Å². The molecule has 0 fully saturated rings. The molecule has 0 bridgehead atoms. The fourth-order valence-corrected chi connectivity index (χ4v) is 2.29. The van der Waals surface area contributed by atoms with Crippen LogP contribution in [0.15, 0.2) is 30.3 Å². The lowest BCUT2D eigenvalue weighted by Gasteiger charge is -2.18. The van der Waals surface area contributed by atoms with Crippen molar-refractivity contribution in [3.63, 3.8) is 0 Å². The second-order valence-electron chi connectivity index (χ2n) is 5.07. The molecule has 0 saturated heterocycles. The van der Waals surface area contributed by atoms with Gasteiger partial charge in [-0.3, -0.25) is 19.7 Å². The van der Waals surface area contributed by atoms with E-state index in [4.69, 9.17) is 21.1 Å². The average molecular weight is 370 g/mol. The molecule has 0 unspecified atom stereocenters. The fraction of sp³-hybridized carbons (Fsp3) is 0.412. The van der Waals surface area contributed by atoms with Crippen molar-refractivity contribution in [3.05, 3.63) is 51.0 Å². The molecular formula is C17H20ClNO6. The maximum Gasteiger partial charge on any atom is 0.321 e. The van der Waals surface area contributed by atoms with Crippen molar-refractivity contribution in [2.45, 2.75) is 13.8 Å². The Bertz CT molecular complexity index is 611. The predicted molar refractivity (Wildman–Crippen MR) is 92.6 cm³/mol. The van der Waals surface area contributed by atoms with E-state index in [2.05, 4.69) is 0 Å². The number of ether oxygens (including phenoxy) is 2. The van der Waals surface area contributed by atoms with Crippen molar-refractivity contribution < 1.29 is 24.0 Å². The minimum atomic E-state index is -1.39. The Hall–Kier alpha value is -2.41. The summed E-state index contributed by atoms with van der Waals surface area (Å²) in [7, 11) is 0. The molecule has 0 spiro atoms. The van der Waals surface area contributed by atoms with Crippen LogP contribution in [-0.2, 0) is 19.1 Å². The number of nitrogens with zero attached hydrogens (tertiary/aromatic N) is 1. The van der Waals surface area contributed by atoms with E-state index in [1.807, 2.05) is 0 Å². The average Bonchev–Trinajstić information content (AvgIpc) is 2.54. The Labute approximate surface area is 150 Å². The van der Waals surface area contributed by atoms with E-state index in [0.29, 0.717) is 5.02 Å². The van der Waals surface area contributed by atoms with E-state index >= 15 is 0 Å². The molecule has 136 valence electrons. The number of nitro groups is 1. The first-order chi connectivity index (χ1) is 11.9. The third kappa shape index (κ3) is 6.93. The van der Waals surface area contributed by atoms with Gasteiger partial charge in [0, 0.05) is 9.95 Å². The lowest BCUT2D eigenvalue weighted by atomic mass is 9.91. The third-order valence-corrected chi connectivity index (χ3v) is 3.53. The lowest BCUT2D eigenvalue weighted by molar-refractivity contribution is -0.486. The summed E-state index contributed by atoms with van der Waals surface area (Å²) in [5.41, 5.74) is 0.726. The second kappa shape index (κ2) is 10.5. The highest BCUT2D eigenvalue weighted by atomic mass is 35.5. The Morgan fingerprint density at radius 3 is 2.12 bits per heavy atom. The van der Waals surface area contributed by atoms with Crippen LogP contribution in [0.5, 0.6) is 0 Å². The van der Waals surface area contributed by atoms with Gasteiger partial charge in [0.15, 0.2) is 5.92 Å². The first kappa shape index (κ1) is 20.6. The van der Waals surface area contributed by atoms with Crippen LogP contribution in [0.2, 0.25) is 5.02 Å². The van der Waals surface area contributed by atoms with Gasteiger partial charge in [0.25, 0.3) is 0 Å². The van der Waals surface area contributed by atoms with Crippen LogP contribution in [0, 0.1) is 22.0 Å². The lowest BCUT2D eigenvalue weighted by Crippen LogP contribution is -2.36. The number of benzene rings is 1. The Kier molecular flexibility index (Phi) is 8.63. The number of carbonyl (C=O) groups excluding carboxylic acids is 2. The molecule has 7 nitrogen and oxygen atoms in total. The van der Waals surface area contributed by atoms with E-state index in [0.717, 1.165) is 5.56 Å². The van der Waals surface area contributed by atoms with E-state index in [1.54, 1.807) is 44.2 Å². The van der Waals surface area contributed by atoms with Gasteiger partial charge in [-0.2, -0.15) is 0 Å². The Morgan fingerprint density at radius 2 is 1.68 bits per heavy atom. The third-order valence-electron chi connectivity index (χ3n) is 3.27. The maximum atomic E-state index is 12.1. The summed E-state index contributed by atoms with van der Waals surface area (Å²) in [4.78, 5) is 34.7. The van der Waals surface area contributed by atoms with Crippen molar-refractivity contribution in [1.82, 2.24) is 0 Å². The van der Waals surface area contributed by atoms with E-state index < -0.39 is 35.2 Å². The zero-order valence-corrected chi connectivity index (χ0v) is 14.8. The molecule has 0 radical (unpaired) electrons. The van der Waals surface area contributed by atoms with Gasteiger partial charge in [0.1, 0.15) is 0 Å². The van der Waals surface area contributed by atoms with Crippen LogP contribution in [-0.4, -0.2) is 36.6 Å². The summed E-state index contributed by atoms with van der Waals surface area (Å²) in [5.74, 6) is -4.07. The number of carbonyl (C=O) groups is 2. The van der Waals surface area contributed by atoms with Gasteiger partial charge in [0.05, 0.1) is 19.1 Å². The molecule has 0 N–H and O–H groups in total. The van der Waals surface area contributed by atoms with Crippen LogP contribution >= 0.6 is 11.6 Å². The molecule has 1 rings (SSSR count). The van der Waals surface area contributed by atoms with Crippen LogP contribution in [0.4, 0.5) is 0 Å². The van der Waals surface area contributed by atoms with Gasteiger partial charge >= 0.3 is 11.9 Å². The van der Waals surface area contributed by atoms with Crippen molar-refractivity contribution in [1.29, 1.82) is 0 Å². The molecule has 0 aliphatic heterocycles. The molecule has 1 aromatic rings. The molecule has 0 heterocycles. The zero-order chi connectivity index (χ0) is 18.8. The maximum absolute atomic E-state index is 12.1. The Morgan fingerprint density at radius 1 is 1.16 bits per heavy atom. The smallest absolute Gasteiger partial charge is 0.321 e. The summed E-state index contributed by atoms with van der Waals surface area (Å²) < 4.78 is 9.78. The fourth-order valence-electron chi connectivity index (χ4n) is 2.17. The second-order valence-corrected chi connectivity index (χ2v) is 5.51. The molecule has 1 aromatic carbocycles. The van der Waals surface area contributed by atoms with Crippen molar-refractivity contribution in [2.24, 2.45) is 11.8 Å². The number of hydrogen-bond donors (Lipinski definition) is 0. The van der Waals surface area contributed by atoms with Gasteiger partial charge in [-0.05, 0) is 31.5 Å². The summed E-state index contributed by atoms with van der Waals surface area (Å²) in [6.07, 6.45) is 3.04. The van der Waals surface area contributed by atoms with Crippen LogP contribution in [0.3, 0.4) is 0 Å². The highest BCUT2D eigenvalue weighted by Gasteiger charge is 2.38. The van der Waals surface area contributed by atoms with Gasteiger partial charge in [0.2, 0.25) is 6.54 Å². The normalized spacial score (nSPS) is 12.2. The molecule has 0 aromatic heterocycles. The van der Waals surface area contributed by atoms with E-state index in [1.165, 1.54) is 6.08 Å². The molecular weight excluding hydrogens is 350 g/mol. The topological polar surface area (TPSA) is 95.7 Å². The summed E-state index contributed by atoms with van der Waals surface area (Å²) in [5, 5.41) is 11.5. The molecule has 0 amide bonds. The quantitative estimate of drug-likeness (QED) is 0.287. The van der Waals surface area contributed by atoms with Crippen LogP contribution < -0.4 is 0 Å². The number of rotatable bonds is 9. The van der Waals surface area contributed by atoms with Crippen LogP contribution in [0.25, 0.3) is 6.08 Å². The Balaban J connectivity index is 3.12. The van der Waals surface area contributed by atoms with E-state index in [9.17, 15) is 19.7 Å². The summed E-state index contributed by atoms with van der Waals surface area (Å²) in [6, 6.07) is 6.76. The molecule has 0 aliphatic carbocycles. The van der Waals surface area contributed by atoms with E-state index in [-0.39, 0.29) is 13.2 Å². The molecule has 0 aliphatic rings. The minimum Gasteiger partial charge on any atom is -0.465 e. The number of hydrogen-bond acceptors (Lipinski definition) is 6. The monoisotopic (exact) mass is 369 g/mol. The summed E-state index contributed by atoms with van der Waals surface area (Å²) in [6.45, 7) is 2.69. The number of halogens is 1. The van der Waals surface area contributed by atoms with Gasteiger partial charge < -0.3 is 9.47 Å². The molecule has 25 heavy (non-hydrogen) atoms. The molecule has 8 heteroatoms. The first-order valence-electron chi connectivity index (χ1n) is 7.77. The van der Waals surface area contributed by atoms with Crippen molar-refractivity contribution >= 4 is 29.6 Å². The standard InChI is InChI=1S/C17H20ClNO6/c1-3-24-16(20)15(17(21)25-4-2)13(11-19(22)23)8-5-12-6-9-14(18)10-7-12/h5-10,13,15H,3-4,11H2,1-2H3/b8-5+/t13-/m1/s1. The predicted octanol–water partition coefficient (Wildman–Crippen LogP) is 2.99. The minimum absolute atomic E-state index is 0.0564. The molecule has 1 atom stereocenters. The molecule has 0 saturated carbocycles. The highest BCUT2D eigenvalue weighted by Crippen LogP contribution is 2.20. The largest absolute Gasteiger partial charge is 0.465 e. The van der Waals surface area contributed by atoms with Crippen molar-refractivity contribution in [3.8, 4) is 0 Å². The summed E-state index contributed by atoms with van der Waals surface area (Å²) >= 11 is 5.81. The SMILES string of the molecule is CCOC(=O)C(C(=O)OCC)[C@H](/C=C/c1ccc(Cl)cc1)C[N+](=O)[O-]. The van der Waals surface area contributed by atoms with Crippen molar-refractivity contribution in [2.75, 3.05) is 19.8 Å².